The topological polar surface area (TPSA) is 60.5 Å². The molecule has 3 aromatic rings. The molecule has 27 heavy (non-hydrogen) atoms. The Hall–Kier alpha value is -2.38. The van der Waals surface area contributed by atoms with Crippen LogP contribution in [-0.4, -0.2) is 23.6 Å². The minimum absolute atomic E-state index is 0.0716. The lowest BCUT2D eigenvalue weighted by atomic mass is 10.2. The molecular formula is C20H19BrN2O3S. The maximum absolute atomic E-state index is 12.1. The van der Waals surface area contributed by atoms with Crippen LogP contribution < -0.4 is 14.8 Å². The molecular weight excluding hydrogens is 428 g/mol. The van der Waals surface area contributed by atoms with Gasteiger partial charge in [-0.2, -0.15) is 0 Å². The summed E-state index contributed by atoms with van der Waals surface area (Å²) in [6.07, 6.45) is 0.136. The molecule has 140 valence electrons. The highest BCUT2D eigenvalue weighted by Gasteiger charge is 2.09. The quantitative estimate of drug-likeness (QED) is 0.529. The number of hydrogen-bond donors (Lipinski definition) is 1. The monoisotopic (exact) mass is 446 g/mol. The summed E-state index contributed by atoms with van der Waals surface area (Å²) in [7, 11) is 0. The number of anilines is 1. The van der Waals surface area contributed by atoms with Crippen LogP contribution in [0, 0.1) is 0 Å². The van der Waals surface area contributed by atoms with Gasteiger partial charge >= 0.3 is 0 Å². The van der Waals surface area contributed by atoms with Crippen molar-refractivity contribution in [2.24, 2.45) is 0 Å². The molecule has 0 aliphatic rings. The Morgan fingerprint density at radius 2 is 1.78 bits per heavy atom. The van der Waals surface area contributed by atoms with Crippen molar-refractivity contribution in [2.45, 2.75) is 20.0 Å². The average molecular weight is 447 g/mol. The van der Waals surface area contributed by atoms with E-state index in [4.69, 9.17) is 9.47 Å². The van der Waals surface area contributed by atoms with Crippen LogP contribution in [0.15, 0.2) is 58.4 Å². The number of carbonyl (C=O) groups is 1. The number of halogens is 1. The summed E-state index contributed by atoms with van der Waals surface area (Å²) < 4.78 is 12.1. The molecule has 0 fully saturated rings. The maximum atomic E-state index is 12.1. The number of thiazole rings is 1. The summed E-state index contributed by atoms with van der Waals surface area (Å²) in [6, 6.07) is 15.1. The zero-order valence-electron chi connectivity index (χ0n) is 14.9. The van der Waals surface area contributed by atoms with Gasteiger partial charge < -0.3 is 9.47 Å². The van der Waals surface area contributed by atoms with Crippen molar-refractivity contribution < 1.29 is 14.3 Å². The van der Waals surface area contributed by atoms with Crippen LogP contribution in [0.1, 0.15) is 13.8 Å². The zero-order chi connectivity index (χ0) is 19.2. The fraction of sp³-hybridized carbons (Fsp3) is 0.200. The van der Waals surface area contributed by atoms with Crippen LogP contribution in [0.4, 0.5) is 5.13 Å². The van der Waals surface area contributed by atoms with Gasteiger partial charge in [-0.3, -0.25) is 10.1 Å². The van der Waals surface area contributed by atoms with Gasteiger partial charge in [0.2, 0.25) is 0 Å². The Morgan fingerprint density at radius 3 is 2.44 bits per heavy atom. The Bertz CT molecular complexity index is 892. The molecule has 0 radical (unpaired) electrons. The van der Waals surface area contributed by atoms with Crippen molar-refractivity contribution in [3.63, 3.8) is 0 Å². The van der Waals surface area contributed by atoms with Crippen LogP contribution in [0.3, 0.4) is 0 Å². The number of benzene rings is 2. The van der Waals surface area contributed by atoms with Crippen molar-refractivity contribution in [1.82, 2.24) is 4.98 Å². The first-order chi connectivity index (χ1) is 13.0. The maximum Gasteiger partial charge on any atom is 0.264 e. The molecule has 3 rings (SSSR count). The number of nitrogens with zero attached hydrogens (tertiary/aromatic N) is 1. The highest BCUT2D eigenvalue weighted by Crippen LogP contribution is 2.27. The Balaban J connectivity index is 1.55. The van der Waals surface area contributed by atoms with Gasteiger partial charge in [0.15, 0.2) is 11.7 Å². The van der Waals surface area contributed by atoms with Gasteiger partial charge in [-0.05, 0) is 62.4 Å². The number of carbonyl (C=O) groups excluding carboxylic acids is 1. The van der Waals surface area contributed by atoms with Crippen molar-refractivity contribution >= 4 is 38.3 Å². The van der Waals surface area contributed by atoms with E-state index >= 15 is 0 Å². The summed E-state index contributed by atoms with van der Waals surface area (Å²) in [4.78, 5) is 16.5. The molecule has 0 aliphatic carbocycles. The van der Waals surface area contributed by atoms with E-state index in [0.717, 1.165) is 21.5 Å². The second kappa shape index (κ2) is 9.01. The normalized spacial score (nSPS) is 10.7. The lowest BCUT2D eigenvalue weighted by Crippen LogP contribution is -2.20. The van der Waals surface area contributed by atoms with Crippen LogP contribution in [0.5, 0.6) is 11.5 Å². The third kappa shape index (κ3) is 5.80. The first-order valence-electron chi connectivity index (χ1n) is 8.40. The lowest BCUT2D eigenvalue weighted by Gasteiger charge is -2.09. The van der Waals surface area contributed by atoms with E-state index in [0.29, 0.717) is 10.9 Å². The largest absolute Gasteiger partial charge is 0.491 e. The smallest absolute Gasteiger partial charge is 0.264 e. The summed E-state index contributed by atoms with van der Waals surface area (Å²) in [5.41, 5.74) is 1.77. The van der Waals surface area contributed by atoms with E-state index in [1.54, 1.807) is 12.1 Å². The molecule has 2 aromatic carbocycles. The fourth-order valence-corrected chi connectivity index (χ4v) is 3.28. The zero-order valence-corrected chi connectivity index (χ0v) is 17.3. The minimum Gasteiger partial charge on any atom is -0.491 e. The van der Waals surface area contributed by atoms with Gasteiger partial charge in [0.25, 0.3) is 5.91 Å². The number of aromatic nitrogens is 1. The summed E-state index contributed by atoms with van der Waals surface area (Å²) in [6.45, 7) is 3.91. The fourth-order valence-electron chi connectivity index (χ4n) is 2.28. The summed E-state index contributed by atoms with van der Waals surface area (Å²) in [5.74, 6) is 1.21. The van der Waals surface area contributed by atoms with E-state index in [1.165, 1.54) is 11.3 Å². The molecule has 1 aromatic heterocycles. The summed E-state index contributed by atoms with van der Waals surface area (Å²) >= 11 is 4.73. The van der Waals surface area contributed by atoms with Crippen molar-refractivity contribution in [3.05, 3.63) is 58.4 Å². The third-order valence-corrected chi connectivity index (χ3v) is 4.74. The lowest BCUT2D eigenvalue weighted by molar-refractivity contribution is -0.118. The second-order valence-corrected chi connectivity index (χ2v) is 7.79. The number of ether oxygens (including phenoxy) is 2. The van der Waals surface area contributed by atoms with E-state index in [1.807, 2.05) is 55.6 Å². The van der Waals surface area contributed by atoms with Gasteiger partial charge in [-0.25, -0.2) is 4.98 Å². The third-order valence-electron chi connectivity index (χ3n) is 3.46. The average Bonchev–Trinajstić information content (AvgIpc) is 3.10. The van der Waals surface area contributed by atoms with Crippen LogP contribution in [-0.2, 0) is 4.79 Å². The van der Waals surface area contributed by atoms with E-state index in [9.17, 15) is 4.79 Å². The molecule has 1 amide bonds. The number of amides is 1. The SMILES string of the molecule is CC(C)Oc1ccc(-c2csc(NC(=O)COc3ccc(Br)cc3)n2)cc1. The van der Waals surface area contributed by atoms with Crippen LogP contribution in [0.25, 0.3) is 11.3 Å². The van der Waals surface area contributed by atoms with E-state index in [-0.39, 0.29) is 18.6 Å². The molecule has 0 saturated carbocycles. The molecule has 0 spiro atoms. The van der Waals surface area contributed by atoms with E-state index in [2.05, 4.69) is 26.2 Å². The first-order valence-corrected chi connectivity index (χ1v) is 10.1. The van der Waals surface area contributed by atoms with Gasteiger partial charge in [0, 0.05) is 15.4 Å². The molecule has 0 bridgehead atoms. The number of hydrogen-bond acceptors (Lipinski definition) is 5. The second-order valence-electron chi connectivity index (χ2n) is 6.02. The molecule has 5 nitrogen and oxygen atoms in total. The van der Waals surface area contributed by atoms with Crippen molar-refractivity contribution in [3.8, 4) is 22.8 Å². The predicted molar refractivity (Wildman–Crippen MR) is 112 cm³/mol. The molecule has 0 atom stereocenters. The number of rotatable bonds is 7. The minimum atomic E-state index is -0.250. The molecule has 0 unspecified atom stereocenters. The highest BCUT2D eigenvalue weighted by molar-refractivity contribution is 9.10. The van der Waals surface area contributed by atoms with Gasteiger partial charge in [0.05, 0.1) is 11.8 Å². The van der Waals surface area contributed by atoms with Crippen molar-refractivity contribution in [1.29, 1.82) is 0 Å². The first kappa shape index (κ1) is 19.4. The molecule has 1 N–H and O–H groups in total. The molecule has 0 saturated heterocycles. The standard InChI is InChI=1S/C20H19BrN2O3S/c1-13(2)26-17-7-3-14(4-8-17)18-12-27-20(22-18)23-19(24)11-25-16-9-5-15(21)6-10-16/h3-10,12-13H,11H2,1-2H3,(H,22,23,24). The van der Waals surface area contributed by atoms with E-state index < -0.39 is 0 Å². The van der Waals surface area contributed by atoms with Crippen molar-refractivity contribution in [2.75, 3.05) is 11.9 Å². The van der Waals surface area contributed by atoms with Gasteiger partial charge in [0.1, 0.15) is 11.5 Å². The Kier molecular flexibility index (Phi) is 6.47. The molecule has 7 heteroatoms. The van der Waals surface area contributed by atoms with Crippen LogP contribution >= 0.6 is 27.3 Å². The highest BCUT2D eigenvalue weighted by atomic mass is 79.9. The molecule has 0 aliphatic heterocycles. The van der Waals surface area contributed by atoms with Gasteiger partial charge in [-0.15, -0.1) is 11.3 Å². The number of nitrogens with one attached hydrogen (secondary N) is 1. The Morgan fingerprint density at radius 1 is 1.11 bits per heavy atom. The summed E-state index contributed by atoms with van der Waals surface area (Å²) in [5, 5.41) is 5.21. The molecule has 1 heterocycles. The van der Waals surface area contributed by atoms with Gasteiger partial charge in [-0.1, -0.05) is 15.9 Å². The predicted octanol–water partition coefficient (Wildman–Crippen LogP) is 5.38. The van der Waals surface area contributed by atoms with Crippen LogP contribution in [0.2, 0.25) is 0 Å². The Labute approximate surface area is 170 Å².